The molecule has 0 saturated carbocycles. The number of para-hydroxylation sites is 1. The van der Waals surface area contributed by atoms with Gasteiger partial charge in [0, 0.05) is 59.3 Å². The highest BCUT2D eigenvalue weighted by Crippen LogP contribution is 2.48. The van der Waals surface area contributed by atoms with Gasteiger partial charge in [-0.25, -0.2) is 4.98 Å². The van der Waals surface area contributed by atoms with Gasteiger partial charge >= 0.3 is 0 Å². The second-order valence-corrected chi connectivity index (χ2v) is 9.73. The highest BCUT2D eigenvalue weighted by atomic mass is 32.1. The number of rotatable bonds is 4. The Morgan fingerprint density at radius 3 is 2.17 bits per heavy atom. The number of oxazole rings is 1. The number of fused-ring (bicyclic) bond motifs is 6. The molecule has 0 unspecified atom stereocenters. The molecule has 0 saturated heterocycles. The Morgan fingerprint density at radius 1 is 0.610 bits per heavy atom. The molecule has 0 aliphatic heterocycles. The van der Waals surface area contributed by atoms with E-state index in [9.17, 15) is 8.22 Å². The summed E-state index contributed by atoms with van der Waals surface area (Å²) in [5.41, 5.74) is -3.58. The molecule has 9 rings (SSSR count). The third-order valence-electron chi connectivity index (χ3n) is 6.45. The normalized spacial score (nSPS) is 19.4. The Kier molecular flexibility index (Phi) is 2.11. The molecule has 0 amide bonds. The molecule has 2 heterocycles. The molecule has 0 radical (unpaired) electrons. The fourth-order valence-electron chi connectivity index (χ4n) is 4.70. The van der Waals surface area contributed by atoms with Crippen LogP contribution in [-0.4, -0.2) is 4.98 Å². The maximum Gasteiger partial charge on any atom is 0.227 e. The van der Waals surface area contributed by atoms with E-state index in [4.69, 9.17) is 26.3 Å². The first-order valence-electron chi connectivity index (χ1n) is 22.9. The van der Waals surface area contributed by atoms with Crippen LogP contribution in [0.1, 0.15) is 30.2 Å². The summed E-state index contributed by atoms with van der Waals surface area (Å²) >= 11 is 0.653. The van der Waals surface area contributed by atoms with Gasteiger partial charge in [0.2, 0.25) is 5.89 Å². The van der Waals surface area contributed by atoms with Crippen molar-refractivity contribution in [3.63, 3.8) is 0 Å². The molecule has 0 atom stereocenters. The van der Waals surface area contributed by atoms with Gasteiger partial charge in [0.15, 0.2) is 5.76 Å². The average molecular weight is 565 g/mol. The van der Waals surface area contributed by atoms with Crippen molar-refractivity contribution in [2.24, 2.45) is 0 Å². The summed E-state index contributed by atoms with van der Waals surface area (Å²) in [6.45, 7) is 0. The van der Waals surface area contributed by atoms with Crippen molar-refractivity contribution in [1.82, 2.24) is 4.98 Å². The Bertz CT molecular complexity index is 3380. The van der Waals surface area contributed by atoms with Crippen LogP contribution in [-0.2, 0) is 0 Å². The Morgan fingerprint density at radius 2 is 1.32 bits per heavy atom. The van der Waals surface area contributed by atoms with E-state index in [1.807, 2.05) is 0 Å². The summed E-state index contributed by atoms with van der Waals surface area (Å²) in [4.78, 5) is 4.96. The zero-order chi connectivity index (χ0) is 46.1. The lowest BCUT2D eigenvalue weighted by Gasteiger charge is -2.25. The second-order valence-electron chi connectivity index (χ2n) is 8.71. The monoisotopic (exact) mass is 564 g/mol. The van der Waals surface area contributed by atoms with Gasteiger partial charge in [0.25, 0.3) is 0 Å². The molecule has 8 aromatic rings. The van der Waals surface area contributed by atoms with Gasteiger partial charge in [-0.1, -0.05) is 78.6 Å². The molecule has 2 aromatic heterocycles. The third-order valence-corrected chi connectivity index (χ3v) is 7.47. The van der Waals surface area contributed by atoms with Crippen molar-refractivity contribution >= 4 is 59.3 Å². The zero-order valence-corrected chi connectivity index (χ0v) is 21.0. The molecule has 6 aromatic carbocycles. The fraction of sp³-hybridized carbons (Fsp3) is 0. The van der Waals surface area contributed by atoms with Crippen LogP contribution in [0.5, 0.6) is 0 Å². The Balaban J connectivity index is 1.36. The number of benzene rings is 6. The first kappa shape index (κ1) is 10.0. The van der Waals surface area contributed by atoms with Crippen molar-refractivity contribution in [2.45, 2.75) is 0 Å². The van der Waals surface area contributed by atoms with E-state index in [1.54, 1.807) is 0 Å². The number of anilines is 3. The molecule has 4 heteroatoms. The minimum atomic E-state index is -0.998. The SMILES string of the molecule is [2H]c1c([2H])c([2H])c(N(c2c([2H])c([2H])c(-c3nc4c(o3)-c3c([2H])c([2H])c([2H])c5c([2H])c([2H])c([2H])c-4c35)c([2H])c2[2H])c2c([2H])c([2H])c3c(sc4c([2H])c([2H])c([2H])c([2H])c43)c2[2H])c([2H])c1[2H]. The molecule has 0 spiro atoms. The van der Waals surface area contributed by atoms with Crippen LogP contribution in [0, 0.1) is 0 Å². The number of hydrogen-bond donors (Lipinski definition) is 0. The van der Waals surface area contributed by atoms with Crippen molar-refractivity contribution < 1.29 is 34.6 Å². The lowest BCUT2D eigenvalue weighted by Crippen LogP contribution is -2.09. The number of nitrogens with zero attached hydrogens (tertiary/aromatic N) is 2. The highest BCUT2D eigenvalue weighted by molar-refractivity contribution is 7.25. The standard InChI is InChI=1S/C37H22N2OS/c1-2-10-25(11-3-1)39(27-20-21-29-28-12-4-5-15-32(28)41-33(29)22-27)26-18-16-24(17-19-26)37-38-35-30-13-6-8-23-9-7-14-31(34(23)30)36(35)40-37/h1-22H/i1D,2D,3D,4D,5D,6D,7D,8D,9D,10D,11D,12D,13D,14D,15D,16D,17D,18D,19D,20D,21D,22D. The van der Waals surface area contributed by atoms with E-state index >= 15 is 0 Å². The van der Waals surface area contributed by atoms with Crippen molar-refractivity contribution in [3.05, 3.63) is 133 Å². The van der Waals surface area contributed by atoms with Gasteiger partial charge in [0.1, 0.15) is 5.69 Å². The largest absolute Gasteiger partial charge is 0.435 e. The molecule has 1 aliphatic carbocycles. The first-order chi connectivity index (χ1) is 29.5. The van der Waals surface area contributed by atoms with Gasteiger partial charge in [-0.05, 0) is 59.8 Å². The Hall–Kier alpha value is -5.19. The molecule has 3 nitrogen and oxygen atoms in total. The van der Waals surface area contributed by atoms with Crippen molar-refractivity contribution in [1.29, 1.82) is 0 Å². The predicted octanol–water partition coefficient (Wildman–Crippen LogP) is 11.0. The van der Waals surface area contributed by atoms with Gasteiger partial charge in [-0.15, -0.1) is 11.3 Å². The maximum atomic E-state index is 9.43. The first-order valence-corrected chi connectivity index (χ1v) is 12.8. The van der Waals surface area contributed by atoms with Crippen molar-refractivity contribution in [2.75, 3.05) is 4.90 Å². The van der Waals surface area contributed by atoms with E-state index < -0.39 is 161 Å². The van der Waals surface area contributed by atoms with E-state index in [0.29, 0.717) is 16.2 Å². The van der Waals surface area contributed by atoms with Gasteiger partial charge in [-0.3, -0.25) is 0 Å². The van der Waals surface area contributed by atoms with E-state index in [1.165, 1.54) is 0 Å². The molecule has 0 bridgehead atoms. The summed E-state index contributed by atoms with van der Waals surface area (Å²) in [6, 6.07) is -16.6. The molecule has 41 heavy (non-hydrogen) atoms. The fourth-order valence-corrected chi connectivity index (χ4v) is 5.66. The van der Waals surface area contributed by atoms with E-state index in [-0.39, 0.29) is 53.5 Å². The minimum absolute atomic E-state index is 0.0103. The summed E-state index contributed by atoms with van der Waals surface area (Å²) in [6.07, 6.45) is 0. The average Bonchev–Trinajstić information content (AvgIpc) is 3.94. The van der Waals surface area contributed by atoms with Crippen LogP contribution >= 0.6 is 11.3 Å². The van der Waals surface area contributed by atoms with Crippen LogP contribution in [0.4, 0.5) is 17.1 Å². The quantitative estimate of drug-likeness (QED) is 0.213. The summed E-state index contributed by atoms with van der Waals surface area (Å²) in [7, 11) is 0. The topological polar surface area (TPSA) is 29.3 Å². The number of thiophene rings is 1. The Labute approximate surface area is 271 Å². The predicted molar refractivity (Wildman–Crippen MR) is 171 cm³/mol. The summed E-state index contributed by atoms with van der Waals surface area (Å²) in [5, 5.41) is -0.616. The number of hydrogen-bond acceptors (Lipinski definition) is 4. The van der Waals surface area contributed by atoms with Crippen LogP contribution in [0.25, 0.3) is 65.0 Å². The molecule has 1 aliphatic rings. The van der Waals surface area contributed by atoms with Crippen molar-refractivity contribution in [3.8, 4) is 34.0 Å². The molecule has 0 fully saturated rings. The van der Waals surface area contributed by atoms with E-state index in [0.717, 1.165) is 0 Å². The molecule has 192 valence electrons. The third kappa shape index (κ3) is 3.41. The second kappa shape index (κ2) is 8.65. The van der Waals surface area contributed by atoms with Crippen LogP contribution in [0.15, 0.2) is 137 Å². The lowest BCUT2D eigenvalue weighted by atomic mass is 10.0. The van der Waals surface area contributed by atoms with Crippen LogP contribution < -0.4 is 4.90 Å². The van der Waals surface area contributed by atoms with Gasteiger partial charge in [-0.2, -0.15) is 0 Å². The smallest absolute Gasteiger partial charge is 0.227 e. The molecule has 0 N–H and O–H groups in total. The maximum absolute atomic E-state index is 9.43. The zero-order valence-electron chi connectivity index (χ0n) is 42.2. The van der Waals surface area contributed by atoms with E-state index in [2.05, 4.69) is 4.98 Å². The van der Waals surface area contributed by atoms with Crippen LogP contribution in [0.2, 0.25) is 0 Å². The lowest BCUT2D eigenvalue weighted by molar-refractivity contribution is 0.590. The number of aromatic nitrogens is 1. The molecular formula is C37H22N2OS. The van der Waals surface area contributed by atoms with Gasteiger partial charge in [0.05, 0.1) is 30.2 Å². The summed E-state index contributed by atoms with van der Waals surface area (Å²) in [5.74, 6) is -0.886. The minimum Gasteiger partial charge on any atom is -0.435 e. The molecular weight excluding hydrogens is 520 g/mol. The van der Waals surface area contributed by atoms with Gasteiger partial charge < -0.3 is 9.32 Å². The summed E-state index contributed by atoms with van der Waals surface area (Å²) < 4.78 is 198. The highest BCUT2D eigenvalue weighted by Gasteiger charge is 2.27. The van der Waals surface area contributed by atoms with Crippen LogP contribution in [0.3, 0.4) is 0 Å².